The normalized spacial score (nSPS) is 19.8. The lowest BCUT2D eigenvalue weighted by Crippen LogP contribution is -2.35. The van der Waals surface area contributed by atoms with Gasteiger partial charge in [0.2, 0.25) is 5.91 Å². The number of aliphatic hydroxyl groups is 1. The van der Waals surface area contributed by atoms with Gasteiger partial charge in [0.15, 0.2) is 5.78 Å². The fourth-order valence-corrected chi connectivity index (χ4v) is 2.54. The van der Waals surface area contributed by atoms with Crippen LogP contribution in [0.2, 0.25) is 0 Å². The zero-order chi connectivity index (χ0) is 16.1. The molecule has 1 amide bonds. The Hall–Kier alpha value is -1.63. The number of halogens is 1. The van der Waals surface area contributed by atoms with Crippen molar-refractivity contribution in [2.75, 3.05) is 26.7 Å². The molecule has 2 unspecified atom stereocenters. The number of Topliss-reactive ketones (excluding diaryl/α,β-unsaturated/α-hetero) is 1. The molecule has 2 atom stereocenters. The van der Waals surface area contributed by atoms with Crippen LogP contribution in [-0.4, -0.2) is 49.6 Å². The monoisotopic (exact) mass is 342 g/mol. The molecule has 1 heterocycles. The van der Waals surface area contributed by atoms with E-state index in [1.807, 2.05) is 0 Å². The minimum atomic E-state index is -0.420. The van der Waals surface area contributed by atoms with E-state index < -0.39 is 6.10 Å². The van der Waals surface area contributed by atoms with Crippen LogP contribution >= 0.6 is 12.4 Å². The van der Waals surface area contributed by atoms with Gasteiger partial charge in [-0.25, -0.2) is 0 Å². The molecule has 1 aromatic rings. The number of rotatable bonds is 6. The van der Waals surface area contributed by atoms with Crippen molar-refractivity contribution in [2.45, 2.75) is 19.4 Å². The third-order valence-corrected chi connectivity index (χ3v) is 3.90. The third-order valence-electron chi connectivity index (χ3n) is 3.90. The van der Waals surface area contributed by atoms with Crippen LogP contribution < -0.4 is 15.4 Å². The van der Waals surface area contributed by atoms with Gasteiger partial charge < -0.3 is 20.5 Å². The zero-order valence-corrected chi connectivity index (χ0v) is 14.1. The summed E-state index contributed by atoms with van der Waals surface area (Å²) in [5.41, 5.74) is 1.23. The molecule has 2 rings (SSSR count). The number of hydrogen-bond donors (Lipinski definition) is 3. The number of benzene rings is 1. The maximum absolute atomic E-state index is 12.1. The summed E-state index contributed by atoms with van der Waals surface area (Å²) in [6.45, 7) is 3.18. The lowest BCUT2D eigenvalue weighted by Gasteiger charge is -2.15. The van der Waals surface area contributed by atoms with E-state index in [1.165, 1.54) is 14.0 Å². The third kappa shape index (κ3) is 5.20. The highest BCUT2D eigenvalue weighted by atomic mass is 35.5. The Bertz CT molecular complexity index is 565. The number of β-amino-alcohol motifs (C(OH)–C–C–N with tert-alkyl or cyclic N) is 1. The van der Waals surface area contributed by atoms with Crippen molar-refractivity contribution in [2.24, 2.45) is 5.92 Å². The minimum absolute atomic E-state index is 0. The second kappa shape index (κ2) is 8.86. The van der Waals surface area contributed by atoms with Gasteiger partial charge in [-0.05, 0) is 25.1 Å². The van der Waals surface area contributed by atoms with Crippen molar-refractivity contribution in [3.8, 4) is 5.75 Å². The summed E-state index contributed by atoms with van der Waals surface area (Å²) in [6.07, 6.45) is -0.281. The number of hydrogen-bond acceptors (Lipinski definition) is 5. The van der Waals surface area contributed by atoms with Crippen LogP contribution in [0.5, 0.6) is 5.75 Å². The topological polar surface area (TPSA) is 87.7 Å². The van der Waals surface area contributed by atoms with E-state index in [1.54, 1.807) is 18.2 Å². The largest absolute Gasteiger partial charge is 0.496 e. The number of carbonyl (C=O) groups is 2. The predicted octanol–water partition coefficient (Wildman–Crippen LogP) is 0.559. The Balaban J connectivity index is 0.00000264. The number of methoxy groups -OCH3 is 1. The van der Waals surface area contributed by atoms with Gasteiger partial charge in [-0.1, -0.05) is 0 Å². The number of amides is 1. The van der Waals surface area contributed by atoms with Crippen molar-refractivity contribution >= 4 is 24.1 Å². The number of ether oxygens (including phenoxy) is 1. The summed E-state index contributed by atoms with van der Waals surface area (Å²) in [4.78, 5) is 23.5. The molecule has 0 bridgehead atoms. The molecule has 0 saturated carbocycles. The van der Waals surface area contributed by atoms with Gasteiger partial charge in [0, 0.05) is 36.7 Å². The van der Waals surface area contributed by atoms with Crippen LogP contribution in [0.3, 0.4) is 0 Å². The highest BCUT2D eigenvalue weighted by Gasteiger charge is 2.25. The summed E-state index contributed by atoms with van der Waals surface area (Å²) >= 11 is 0. The Morgan fingerprint density at radius 1 is 1.39 bits per heavy atom. The Labute approximate surface area is 142 Å². The van der Waals surface area contributed by atoms with Crippen molar-refractivity contribution in [1.82, 2.24) is 10.6 Å². The number of nitrogens with one attached hydrogen (secondary N) is 2. The molecule has 1 aliphatic heterocycles. The standard InChI is InChI=1S/C16H22N2O4.ClH/c1-10(19)11-3-4-15(22-2)12(5-11)6-16(21)18-8-13-7-17-9-14(13)20;/h3-5,13-14,17,20H,6-9H2,1-2H3,(H,18,21);1H. The van der Waals surface area contributed by atoms with Crippen LogP contribution in [0.4, 0.5) is 0 Å². The molecule has 1 aliphatic rings. The van der Waals surface area contributed by atoms with Gasteiger partial charge in [-0.2, -0.15) is 0 Å². The first-order valence-corrected chi connectivity index (χ1v) is 7.34. The zero-order valence-electron chi connectivity index (χ0n) is 13.3. The average Bonchev–Trinajstić information content (AvgIpc) is 2.90. The maximum Gasteiger partial charge on any atom is 0.224 e. The molecular weight excluding hydrogens is 320 g/mol. The van der Waals surface area contributed by atoms with Gasteiger partial charge in [-0.3, -0.25) is 9.59 Å². The van der Waals surface area contributed by atoms with Crippen LogP contribution in [0, 0.1) is 5.92 Å². The first-order chi connectivity index (χ1) is 10.5. The van der Waals surface area contributed by atoms with E-state index in [0.717, 1.165) is 0 Å². The van der Waals surface area contributed by atoms with Crippen LogP contribution in [0.1, 0.15) is 22.8 Å². The van der Waals surface area contributed by atoms with Crippen molar-refractivity contribution < 1.29 is 19.4 Å². The molecule has 23 heavy (non-hydrogen) atoms. The molecule has 3 N–H and O–H groups in total. The van der Waals surface area contributed by atoms with E-state index in [-0.39, 0.29) is 36.4 Å². The van der Waals surface area contributed by atoms with Crippen LogP contribution in [0.25, 0.3) is 0 Å². The van der Waals surface area contributed by atoms with Gasteiger partial charge >= 0.3 is 0 Å². The molecule has 0 radical (unpaired) electrons. The first-order valence-electron chi connectivity index (χ1n) is 7.34. The summed E-state index contributed by atoms with van der Waals surface area (Å²) in [5, 5.41) is 15.6. The van der Waals surface area contributed by atoms with Gasteiger partial charge in [0.25, 0.3) is 0 Å². The summed E-state index contributed by atoms with van der Waals surface area (Å²) < 4.78 is 5.23. The highest BCUT2D eigenvalue weighted by Crippen LogP contribution is 2.21. The molecule has 1 aromatic carbocycles. The second-order valence-electron chi connectivity index (χ2n) is 5.55. The van der Waals surface area contributed by atoms with Crippen LogP contribution in [-0.2, 0) is 11.2 Å². The average molecular weight is 343 g/mol. The van der Waals surface area contributed by atoms with E-state index in [9.17, 15) is 14.7 Å². The van der Waals surface area contributed by atoms with Gasteiger partial charge in [0.05, 0.1) is 19.6 Å². The molecule has 6 nitrogen and oxygen atoms in total. The lowest BCUT2D eigenvalue weighted by atomic mass is 10.0. The molecular formula is C16H23ClN2O4. The maximum atomic E-state index is 12.1. The Morgan fingerprint density at radius 2 is 2.13 bits per heavy atom. The Kier molecular flexibility index (Phi) is 7.48. The molecule has 128 valence electrons. The molecule has 1 saturated heterocycles. The molecule has 0 aliphatic carbocycles. The summed E-state index contributed by atoms with van der Waals surface area (Å²) in [7, 11) is 1.53. The minimum Gasteiger partial charge on any atom is -0.496 e. The van der Waals surface area contributed by atoms with Crippen molar-refractivity contribution in [1.29, 1.82) is 0 Å². The molecule has 1 fully saturated rings. The van der Waals surface area contributed by atoms with E-state index >= 15 is 0 Å². The molecule has 0 spiro atoms. The highest BCUT2D eigenvalue weighted by molar-refractivity contribution is 5.94. The predicted molar refractivity (Wildman–Crippen MR) is 89.3 cm³/mol. The summed E-state index contributed by atoms with van der Waals surface area (Å²) in [5.74, 6) is 0.416. The number of aliphatic hydroxyl groups excluding tert-OH is 1. The quantitative estimate of drug-likeness (QED) is 0.657. The fraction of sp³-hybridized carbons (Fsp3) is 0.500. The van der Waals surface area contributed by atoms with E-state index in [4.69, 9.17) is 4.74 Å². The second-order valence-corrected chi connectivity index (χ2v) is 5.55. The van der Waals surface area contributed by atoms with Gasteiger partial charge in [0.1, 0.15) is 5.75 Å². The first kappa shape index (κ1) is 19.4. The van der Waals surface area contributed by atoms with Crippen molar-refractivity contribution in [3.63, 3.8) is 0 Å². The van der Waals surface area contributed by atoms with Gasteiger partial charge in [-0.15, -0.1) is 12.4 Å². The fourth-order valence-electron chi connectivity index (χ4n) is 2.54. The van der Waals surface area contributed by atoms with E-state index in [2.05, 4.69) is 10.6 Å². The number of carbonyl (C=O) groups excluding carboxylic acids is 2. The van der Waals surface area contributed by atoms with Crippen LogP contribution in [0.15, 0.2) is 18.2 Å². The SMILES string of the molecule is COc1ccc(C(C)=O)cc1CC(=O)NCC1CNCC1O.Cl. The lowest BCUT2D eigenvalue weighted by molar-refractivity contribution is -0.120. The summed E-state index contributed by atoms with van der Waals surface area (Å²) in [6, 6.07) is 5.07. The Morgan fingerprint density at radius 3 is 2.70 bits per heavy atom. The molecule has 7 heteroatoms. The smallest absolute Gasteiger partial charge is 0.224 e. The van der Waals surface area contributed by atoms with Crippen molar-refractivity contribution in [3.05, 3.63) is 29.3 Å². The van der Waals surface area contributed by atoms with E-state index in [0.29, 0.717) is 36.5 Å². The number of ketones is 1. The molecule has 0 aromatic heterocycles.